The van der Waals surface area contributed by atoms with Gasteiger partial charge in [-0.3, -0.25) is 0 Å². The molecule has 0 aliphatic rings. The van der Waals surface area contributed by atoms with Crippen molar-refractivity contribution in [1.82, 2.24) is 4.72 Å². The van der Waals surface area contributed by atoms with E-state index >= 15 is 0 Å². The first-order valence-electron chi connectivity index (χ1n) is 4.99. The fourth-order valence-corrected chi connectivity index (χ4v) is 3.63. The van der Waals surface area contributed by atoms with E-state index in [9.17, 15) is 18.0 Å². The summed E-state index contributed by atoms with van der Waals surface area (Å²) in [6, 6.07) is 1.27. The van der Waals surface area contributed by atoms with Gasteiger partial charge in [-0.05, 0) is 18.6 Å². The average Bonchev–Trinajstić information content (AvgIpc) is 2.67. The maximum absolute atomic E-state index is 11.8. The summed E-state index contributed by atoms with van der Waals surface area (Å²) in [5.41, 5.74) is 5.08. The average molecular weight is 308 g/mol. The Labute approximate surface area is 113 Å². The molecule has 4 N–H and O–H groups in total. The maximum Gasteiger partial charge on any atom is 0.404 e. The Balaban J connectivity index is 2.75. The molecule has 0 atom stereocenters. The molecule has 19 heavy (non-hydrogen) atoms. The summed E-state index contributed by atoms with van der Waals surface area (Å²) in [5, 5.41) is 8.84. The van der Waals surface area contributed by atoms with Crippen LogP contribution in [-0.4, -0.2) is 38.7 Å². The summed E-state index contributed by atoms with van der Waals surface area (Å²) in [7, 11) is -3.82. The summed E-state index contributed by atoms with van der Waals surface area (Å²) < 4.78 is 30.0. The van der Waals surface area contributed by atoms with Gasteiger partial charge in [0.05, 0.1) is 0 Å². The lowest BCUT2D eigenvalue weighted by molar-refractivity contribution is 0.0701. The van der Waals surface area contributed by atoms with E-state index in [1.807, 2.05) is 0 Å². The van der Waals surface area contributed by atoms with Gasteiger partial charge in [0.2, 0.25) is 10.0 Å². The molecule has 1 rings (SSSR count). The van der Waals surface area contributed by atoms with E-state index in [0.29, 0.717) is 16.9 Å². The molecule has 1 aromatic rings. The van der Waals surface area contributed by atoms with Gasteiger partial charge in [0.1, 0.15) is 15.7 Å². The van der Waals surface area contributed by atoms with Gasteiger partial charge in [-0.2, -0.15) is 0 Å². The molecule has 0 saturated heterocycles. The standard InChI is InChI=1S/C9H12N2O6S2/c1-5-4-6(18-7(5)8(12)13)19(15,16)11-2-3-17-9(10)14/h4,11H,2-3H2,1H3,(H2,10,14)(H,12,13). The maximum atomic E-state index is 11.8. The molecule has 0 aromatic carbocycles. The fourth-order valence-electron chi connectivity index (χ4n) is 1.20. The minimum Gasteiger partial charge on any atom is -0.477 e. The van der Waals surface area contributed by atoms with E-state index in [2.05, 4.69) is 9.46 Å². The molecule has 106 valence electrons. The van der Waals surface area contributed by atoms with Gasteiger partial charge in [0.15, 0.2) is 0 Å². The Kier molecular flexibility index (Phi) is 4.86. The van der Waals surface area contributed by atoms with E-state index in [-0.39, 0.29) is 22.2 Å². The fraction of sp³-hybridized carbons (Fsp3) is 0.333. The Hall–Kier alpha value is -1.65. The Morgan fingerprint density at radius 1 is 1.53 bits per heavy atom. The Morgan fingerprint density at radius 3 is 2.63 bits per heavy atom. The molecule has 0 unspecified atom stereocenters. The number of sulfonamides is 1. The van der Waals surface area contributed by atoms with Gasteiger partial charge in [-0.1, -0.05) is 0 Å². The van der Waals surface area contributed by atoms with Gasteiger partial charge in [0, 0.05) is 6.54 Å². The van der Waals surface area contributed by atoms with Crippen LogP contribution in [0.2, 0.25) is 0 Å². The summed E-state index contributed by atoms with van der Waals surface area (Å²) in [5.74, 6) is -1.18. The van der Waals surface area contributed by atoms with Crippen LogP contribution in [-0.2, 0) is 14.8 Å². The Bertz CT molecular complexity index is 592. The molecule has 0 aliphatic heterocycles. The van der Waals surface area contributed by atoms with Crippen LogP contribution >= 0.6 is 11.3 Å². The first-order valence-corrected chi connectivity index (χ1v) is 7.29. The lowest BCUT2D eigenvalue weighted by atomic mass is 10.3. The third-order valence-electron chi connectivity index (χ3n) is 1.99. The third-order valence-corrected chi connectivity index (χ3v) is 5.15. The summed E-state index contributed by atoms with van der Waals surface area (Å²) in [6.45, 7) is 1.16. The number of amides is 1. The van der Waals surface area contributed by atoms with Gasteiger partial charge >= 0.3 is 12.1 Å². The number of carbonyl (C=O) groups is 2. The van der Waals surface area contributed by atoms with E-state index < -0.39 is 22.1 Å². The normalized spacial score (nSPS) is 11.2. The van der Waals surface area contributed by atoms with Crippen LogP contribution in [0, 0.1) is 6.92 Å². The third kappa shape index (κ3) is 4.19. The zero-order chi connectivity index (χ0) is 14.6. The SMILES string of the molecule is Cc1cc(S(=O)(=O)NCCOC(N)=O)sc1C(=O)O. The second-order valence-electron chi connectivity index (χ2n) is 3.45. The molecule has 0 bridgehead atoms. The van der Waals surface area contributed by atoms with Crippen molar-refractivity contribution in [3.05, 3.63) is 16.5 Å². The Morgan fingerprint density at radius 2 is 2.16 bits per heavy atom. The number of carboxylic acids is 1. The topological polar surface area (TPSA) is 136 Å². The number of nitrogens with two attached hydrogens (primary N) is 1. The van der Waals surface area contributed by atoms with Crippen molar-refractivity contribution in [2.45, 2.75) is 11.1 Å². The number of hydrogen-bond donors (Lipinski definition) is 3. The van der Waals surface area contributed by atoms with Crippen molar-refractivity contribution in [3.8, 4) is 0 Å². The quantitative estimate of drug-likeness (QED) is 0.639. The summed E-state index contributed by atoms with van der Waals surface area (Å²) in [6.07, 6.45) is -1.00. The van der Waals surface area contributed by atoms with Crippen LogP contribution in [0.5, 0.6) is 0 Å². The van der Waals surface area contributed by atoms with Crippen molar-refractivity contribution in [2.24, 2.45) is 5.73 Å². The van der Waals surface area contributed by atoms with Gasteiger partial charge in [-0.25, -0.2) is 22.7 Å². The first-order chi connectivity index (χ1) is 8.74. The molecule has 0 fully saturated rings. The first kappa shape index (κ1) is 15.4. The van der Waals surface area contributed by atoms with Crippen LogP contribution in [0.1, 0.15) is 15.2 Å². The lowest BCUT2D eigenvalue weighted by Crippen LogP contribution is -2.28. The molecule has 0 aliphatic carbocycles. The highest BCUT2D eigenvalue weighted by molar-refractivity contribution is 7.91. The minimum absolute atomic E-state index is 0.0336. The van der Waals surface area contributed by atoms with Crippen LogP contribution in [0.4, 0.5) is 4.79 Å². The second kappa shape index (κ2) is 5.99. The number of aryl methyl sites for hydroxylation is 1. The number of thiophene rings is 1. The van der Waals surface area contributed by atoms with Crippen molar-refractivity contribution < 1.29 is 27.9 Å². The van der Waals surface area contributed by atoms with Crippen LogP contribution < -0.4 is 10.5 Å². The zero-order valence-electron chi connectivity index (χ0n) is 9.87. The van der Waals surface area contributed by atoms with Crippen LogP contribution in [0.3, 0.4) is 0 Å². The molecular formula is C9H12N2O6S2. The number of carboxylic acid groups (broad SMARTS) is 1. The van der Waals surface area contributed by atoms with E-state index in [0.717, 1.165) is 0 Å². The van der Waals surface area contributed by atoms with Crippen molar-refractivity contribution in [3.63, 3.8) is 0 Å². The van der Waals surface area contributed by atoms with Crippen molar-refractivity contribution in [2.75, 3.05) is 13.2 Å². The number of hydrogen-bond acceptors (Lipinski definition) is 6. The summed E-state index contributed by atoms with van der Waals surface area (Å²) in [4.78, 5) is 21.1. The number of carbonyl (C=O) groups excluding carboxylic acids is 1. The molecule has 0 saturated carbocycles. The number of aromatic carboxylic acids is 1. The zero-order valence-corrected chi connectivity index (χ0v) is 11.5. The molecule has 8 nitrogen and oxygen atoms in total. The number of ether oxygens (including phenoxy) is 1. The monoisotopic (exact) mass is 308 g/mol. The smallest absolute Gasteiger partial charge is 0.404 e. The molecule has 1 heterocycles. The van der Waals surface area contributed by atoms with E-state index in [4.69, 9.17) is 10.8 Å². The van der Waals surface area contributed by atoms with Gasteiger partial charge < -0.3 is 15.6 Å². The van der Waals surface area contributed by atoms with Crippen LogP contribution in [0.25, 0.3) is 0 Å². The number of rotatable bonds is 6. The van der Waals surface area contributed by atoms with Gasteiger partial charge in [0.25, 0.3) is 0 Å². The highest BCUT2D eigenvalue weighted by atomic mass is 32.2. The van der Waals surface area contributed by atoms with Crippen molar-refractivity contribution >= 4 is 33.4 Å². The number of primary amides is 1. The van der Waals surface area contributed by atoms with Gasteiger partial charge in [-0.15, -0.1) is 11.3 Å². The van der Waals surface area contributed by atoms with Crippen molar-refractivity contribution in [1.29, 1.82) is 0 Å². The van der Waals surface area contributed by atoms with E-state index in [1.165, 1.54) is 13.0 Å². The van der Waals surface area contributed by atoms with E-state index in [1.54, 1.807) is 0 Å². The number of nitrogens with one attached hydrogen (secondary N) is 1. The van der Waals surface area contributed by atoms with Crippen LogP contribution in [0.15, 0.2) is 10.3 Å². The second-order valence-corrected chi connectivity index (χ2v) is 6.49. The molecule has 0 spiro atoms. The highest BCUT2D eigenvalue weighted by Gasteiger charge is 2.21. The molecule has 0 radical (unpaired) electrons. The largest absolute Gasteiger partial charge is 0.477 e. The lowest BCUT2D eigenvalue weighted by Gasteiger charge is -2.04. The molecule has 1 aromatic heterocycles. The molecule has 1 amide bonds. The predicted octanol–water partition coefficient (Wildman–Crippen LogP) is 0.128. The molecule has 10 heteroatoms. The minimum atomic E-state index is -3.82. The highest BCUT2D eigenvalue weighted by Crippen LogP contribution is 2.25. The summed E-state index contributed by atoms with van der Waals surface area (Å²) >= 11 is 0.656. The molecular weight excluding hydrogens is 296 g/mol. The predicted molar refractivity (Wildman–Crippen MR) is 66.7 cm³/mol.